The first kappa shape index (κ1) is 8.52. The second-order valence-corrected chi connectivity index (χ2v) is 2.16. The molecule has 0 saturated heterocycles. The van der Waals surface area contributed by atoms with Crippen LogP contribution in [0.5, 0.6) is 11.5 Å². The Hall–Kier alpha value is -1.58. The molecule has 0 unspecified atom stereocenters. The van der Waals surface area contributed by atoms with Crippen LogP contribution in [-0.2, 0) is 0 Å². The van der Waals surface area contributed by atoms with Crippen LogP contribution in [0.3, 0.4) is 0 Å². The number of phenols is 1. The largest absolute Gasteiger partial charge is 0.507 e. The molecule has 1 aromatic rings. The minimum Gasteiger partial charge on any atom is -0.507 e. The number of hydrogen-bond donors (Lipinski definition) is 1. The number of phenolic OH excluding ortho intramolecular Hbond substituents is 1. The van der Waals surface area contributed by atoms with Crippen molar-refractivity contribution in [2.75, 3.05) is 7.11 Å². The molecule has 0 atom stereocenters. The van der Waals surface area contributed by atoms with Crippen molar-refractivity contribution in [1.29, 1.82) is 0 Å². The van der Waals surface area contributed by atoms with Crippen LogP contribution in [0, 0.1) is 5.82 Å². The van der Waals surface area contributed by atoms with Crippen molar-refractivity contribution in [3.63, 3.8) is 0 Å². The topological polar surface area (TPSA) is 46.5 Å². The van der Waals surface area contributed by atoms with Crippen molar-refractivity contribution in [2.24, 2.45) is 0 Å². The van der Waals surface area contributed by atoms with Crippen molar-refractivity contribution in [3.05, 3.63) is 23.5 Å². The van der Waals surface area contributed by atoms with E-state index in [4.69, 9.17) is 5.11 Å². The SMILES string of the molecule is COc1cc(C=O)c(O)cc1F. The van der Waals surface area contributed by atoms with E-state index < -0.39 is 5.82 Å². The molecule has 0 aromatic heterocycles. The van der Waals surface area contributed by atoms with Gasteiger partial charge in [0.05, 0.1) is 12.7 Å². The Morgan fingerprint density at radius 2 is 2.25 bits per heavy atom. The summed E-state index contributed by atoms with van der Waals surface area (Å²) in [5, 5.41) is 8.98. The summed E-state index contributed by atoms with van der Waals surface area (Å²) in [5.41, 5.74) is 0.00764. The Bertz CT molecular complexity index is 309. The fourth-order valence-corrected chi connectivity index (χ4v) is 0.809. The van der Waals surface area contributed by atoms with Gasteiger partial charge in [0, 0.05) is 6.07 Å². The molecule has 0 fully saturated rings. The second kappa shape index (κ2) is 3.21. The summed E-state index contributed by atoms with van der Waals surface area (Å²) in [6.07, 6.45) is 0.428. The van der Waals surface area contributed by atoms with Crippen LogP contribution in [0.1, 0.15) is 10.4 Å². The molecule has 1 rings (SSSR count). The van der Waals surface area contributed by atoms with Gasteiger partial charge in [-0.1, -0.05) is 0 Å². The molecule has 0 bridgehead atoms. The van der Waals surface area contributed by atoms with E-state index >= 15 is 0 Å². The third kappa shape index (κ3) is 1.37. The van der Waals surface area contributed by atoms with Crippen molar-refractivity contribution in [1.82, 2.24) is 0 Å². The van der Waals surface area contributed by atoms with Gasteiger partial charge in [-0.15, -0.1) is 0 Å². The van der Waals surface area contributed by atoms with Gasteiger partial charge in [-0.3, -0.25) is 4.79 Å². The summed E-state index contributed by atoms with van der Waals surface area (Å²) in [6.45, 7) is 0. The van der Waals surface area contributed by atoms with Gasteiger partial charge in [-0.25, -0.2) is 4.39 Å². The van der Waals surface area contributed by atoms with Crippen LogP contribution in [-0.4, -0.2) is 18.5 Å². The van der Waals surface area contributed by atoms with E-state index in [-0.39, 0.29) is 17.1 Å². The fraction of sp³-hybridized carbons (Fsp3) is 0.125. The third-order valence-electron chi connectivity index (χ3n) is 1.43. The van der Waals surface area contributed by atoms with E-state index in [0.29, 0.717) is 6.29 Å². The van der Waals surface area contributed by atoms with E-state index in [1.165, 1.54) is 7.11 Å². The van der Waals surface area contributed by atoms with Crippen LogP contribution in [0.4, 0.5) is 4.39 Å². The van der Waals surface area contributed by atoms with E-state index in [0.717, 1.165) is 12.1 Å². The lowest BCUT2D eigenvalue weighted by Crippen LogP contribution is -1.90. The number of aldehydes is 1. The van der Waals surface area contributed by atoms with Crippen LogP contribution in [0.2, 0.25) is 0 Å². The molecule has 0 saturated carbocycles. The highest BCUT2D eigenvalue weighted by molar-refractivity contribution is 5.79. The molecule has 4 heteroatoms. The zero-order valence-corrected chi connectivity index (χ0v) is 6.37. The predicted molar refractivity (Wildman–Crippen MR) is 40.0 cm³/mol. The molecule has 12 heavy (non-hydrogen) atoms. The van der Waals surface area contributed by atoms with Crippen LogP contribution in [0.15, 0.2) is 12.1 Å². The Labute approximate surface area is 68.4 Å². The standard InChI is InChI=1S/C8H7FO3/c1-12-8-2-5(4-10)7(11)3-6(8)9/h2-4,11H,1H3. The number of rotatable bonds is 2. The fourth-order valence-electron chi connectivity index (χ4n) is 0.809. The highest BCUT2D eigenvalue weighted by Crippen LogP contribution is 2.24. The number of ether oxygens (including phenoxy) is 1. The van der Waals surface area contributed by atoms with Crippen molar-refractivity contribution < 1.29 is 19.0 Å². The average molecular weight is 170 g/mol. The molecular formula is C8H7FO3. The van der Waals surface area contributed by atoms with Gasteiger partial charge in [0.1, 0.15) is 5.75 Å². The quantitative estimate of drug-likeness (QED) is 0.681. The number of benzene rings is 1. The lowest BCUT2D eigenvalue weighted by Gasteiger charge is -2.03. The van der Waals surface area contributed by atoms with Gasteiger partial charge >= 0.3 is 0 Å². The average Bonchev–Trinajstić information content (AvgIpc) is 2.05. The summed E-state index contributed by atoms with van der Waals surface area (Å²) in [6, 6.07) is 1.97. The minimum atomic E-state index is -0.694. The van der Waals surface area contributed by atoms with Gasteiger partial charge in [-0.2, -0.15) is 0 Å². The second-order valence-electron chi connectivity index (χ2n) is 2.16. The molecule has 0 radical (unpaired) electrons. The summed E-state index contributed by atoms with van der Waals surface area (Å²) in [5.74, 6) is -1.14. The van der Waals surface area contributed by atoms with Gasteiger partial charge < -0.3 is 9.84 Å². The minimum absolute atomic E-state index is 0.00764. The molecule has 0 spiro atoms. The molecule has 0 aliphatic heterocycles. The maximum absolute atomic E-state index is 12.8. The van der Waals surface area contributed by atoms with Crippen LogP contribution >= 0.6 is 0 Å². The Kier molecular flexibility index (Phi) is 2.28. The highest BCUT2D eigenvalue weighted by atomic mass is 19.1. The molecule has 0 heterocycles. The van der Waals surface area contributed by atoms with E-state index in [9.17, 15) is 9.18 Å². The lowest BCUT2D eigenvalue weighted by molar-refractivity contribution is 0.112. The number of aromatic hydroxyl groups is 1. The Balaban J connectivity index is 3.26. The monoisotopic (exact) mass is 170 g/mol. The Morgan fingerprint density at radius 1 is 1.58 bits per heavy atom. The third-order valence-corrected chi connectivity index (χ3v) is 1.43. The first-order chi connectivity index (χ1) is 5.69. The number of carbonyl (C=O) groups excluding carboxylic acids is 1. The molecule has 1 N–H and O–H groups in total. The van der Waals surface area contributed by atoms with Crippen LogP contribution in [0.25, 0.3) is 0 Å². The summed E-state index contributed by atoms with van der Waals surface area (Å²) >= 11 is 0. The number of methoxy groups -OCH3 is 1. The highest BCUT2D eigenvalue weighted by Gasteiger charge is 2.08. The molecular weight excluding hydrogens is 163 g/mol. The maximum atomic E-state index is 12.8. The number of carbonyl (C=O) groups is 1. The molecule has 1 aromatic carbocycles. The zero-order chi connectivity index (χ0) is 9.14. The first-order valence-corrected chi connectivity index (χ1v) is 3.20. The van der Waals surface area contributed by atoms with E-state index in [1.807, 2.05) is 0 Å². The number of hydrogen-bond acceptors (Lipinski definition) is 3. The van der Waals surface area contributed by atoms with Crippen molar-refractivity contribution >= 4 is 6.29 Å². The van der Waals surface area contributed by atoms with Crippen molar-refractivity contribution in [3.8, 4) is 11.5 Å². The normalized spacial score (nSPS) is 9.50. The summed E-state index contributed by atoms with van der Waals surface area (Å²) in [7, 11) is 1.28. The van der Waals surface area contributed by atoms with Gasteiger partial charge in [0.2, 0.25) is 0 Å². The van der Waals surface area contributed by atoms with Crippen molar-refractivity contribution in [2.45, 2.75) is 0 Å². The summed E-state index contributed by atoms with van der Waals surface area (Å²) in [4.78, 5) is 10.3. The maximum Gasteiger partial charge on any atom is 0.168 e. The van der Waals surface area contributed by atoms with Gasteiger partial charge in [-0.05, 0) is 6.07 Å². The van der Waals surface area contributed by atoms with Crippen LogP contribution < -0.4 is 4.74 Å². The number of halogens is 1. The predicted octanol–water partition coefficient (Wildman–Crippen LogP) is 1.35. The molecule has 3 nitrogen and oxygen atoms in total. The van der Waals surface area contributed by atoms with Gasteiger partial charge in [0.15, 0.2) is 17.9 Å². The van der Waals surface area contributed by atoms with Gasteiger partial charge in [0.25, 0.3) is 0 Å². The molecule has 0 aliphatic carbocycles. The smallest absolute Gasteiger partial charge is 0.168 e. The molecule has 0 aliphatic rings. The lowest BCUT2D eigenvalue weighted by atomic mass is 10.2. The molecule has 64 valence electrons. The van der Waals surface area contributed by atoms with E-state index in [1.54, 1.807) is 0 Å². The van der Waals surface area contributed by atoms with E-state index in [2.05, 4.69) is 4.74 Å². The Morgan fingerprint density at radius 3 is 2.75 bits per heavy atom. The summed E-state index contributed by atoms with van der Waals surface area (Å²) < 4.78 is 17.4. The zero-order valence-electron chi connectivity index (χ0n) is 6.37. The first-order valence-electron chi connectivity index (χ1n) is 3.20. The molecule has 0 amide bonds.